The molecule has 210 valence electrons. The maximum atomic E-state index is 13.5. The van der Waals surface area contributed by atoms with Gasteiger partial charge in [-0.05, 0) is 78.8 Å². The highest BCUT2D eigenvalue weighted by atomic mass is 32.2. The lowest BCUT2D eigenvalue weighted by Crippen LogP contribution is -2.40. The Bertz CT molecular complexity index is 1510. The first-order valence-corrected chi connectivity index (χ1v) is 13.6. The van der Waals surface area contributed by atoms with Crippen molar-refractivity contribution in [3.8, 4) is 17.4 Å². The average Bonchev–Trinajstić information content (AvgIpc) is 3.15. The summed E-state index contributed by atoms with van der Waals surface area (Å²) in [6.07, 6.45) is 0. The Morgan fingerprint density at radius 3 is 2.21 bits per heavy atom. The van der Waals surface area contributed by atoms with Gasteiger partial charge in [-0.2, -0.15) is 5.10 Å². The summed E-state index contributed by atoms with van der Waals surface area (Å²) in [7, 11) is -2.73. The van der Waals surface area contributed by atoms with Crippen LogP contribution in [-0.2, 0) is 15.6 Å². The quantitative estimate of drug-likeness (QED) is 0.358. The number of carboxylic acids is 1. The fourth-order valence-corrected chi connectivity index (χ4v) is 5.30. The number of nitrogens with one attached hydrogen (secondary N) is 2. The predicted octanol–water partition coefficient (Wildman–Crippen LogP) is 4.77. The number of aromatic nitrogens is 2. The number of ether oxygens (including phenoxy) is 2. The molecule has 0 bridgehead atoms. The van der Waals surface area contributed by atoms with Crippen LogP contribution in [0, 0.1) is 6.92 Å². The summed E-state index contributed by atoms with van der Waals surface area (Å²) < 4.78 is 42.4. The van der Waals surface area contributed by atoms with E-state index in [1.54, 1.807) is 45.0 Å². The van der Waals surface area contributed by atoms with Gasteiger partial charge in [-0.3, -0.25) is 4.79 Å². The Morgan fingerprint density at radius 1 is 1.00 bits per heavy atom. The Balaban J connectivity index is 2.14. The first-order valence-electron chi connectivity index (χ1n) is 12.1. The molecule has 0 spiro atoms. The Morgan fingerprint density at radius 2 is 1.64 bits per heavy atom. The molecule has 0 fully saturated rings. The molecular weight excluding hydrogens is 524 g/mol. The molecule has 0 radical (unpaired) electrons. The molecule has 3 aromatic rings. The highest BCUT2D eigenvalue weighted by Gasteiger charge is 2.31. The third-order valence-electron chi connectivity index (χ3n) is 5.40. The van der Waals surface area contributed by atoms with Crippen LogP contribution >= 0.6 is 0 Å². The molecule has 39 heavy (non-hydrogen) atoms. The van der Waals surface area contributed by atoms with Gasteiger partial charge in [0.15, 0.2) is 5.69 Å². The zero-order chi connectivity index (χ0) is 29.3. The molecule has 3 N–H and O–H groups in total. The van der Waals surface area contributed by atoms with E-state index in [9.17, 15) is 23.1 Å². The number of carboxylic acid groups (broad SMARTS) is 1. The number of hydrogen-bond acceptors (Lipinski definition) is 7. The number of carbonyl (C=O) groups excluding carboxylic acids is 1. The Labute approximate surface area is 228 Å². The number of nitrogens with zero attached hydrogens (tertiary/aromatic N) is 2. The van der Waals surface area contributed by atoms with E-state index in [0.29, 0.717) is 5.75 Å². The van der Waals surface area contributed by atoms with Gasteiger partial charge >= 0.3 is 5.97 Å². The summed E-state index contributed by atoms with van der Waals surface area (Å²) in [5.41, 5.74) is -1.02. The van der Waals surface area contributed by atoms with Crippen molar-refractivity contribution in [1.29, 1.82) is 0 Å². The van der Waals surface area contributed by atoms with Gasteiger partial charge in [0, 0.05) is 16.8 Å². The molecule has 0 atom stereocenters. The molecule has 0 aliphatic rings. The summed E-state index contributed by atoms with van der Waals surface area (Å²) >= 11 is 0. The Hall–Kier alpha value is -3.90. The maximum Gasteiger partial charge on any atom is 0.356 e. The summed E-state index contributed by atoms with van der Waals surface area (Å²) in [5.74, 6) is -1.37. The van der Waals surface area contributed by atoms with E-state index in [1.165, 1.54) is 36.9 Å². The van der Waals surface area contributed by atoms with Crippen molar-refractivity contribution in [2.45, 2.75) is 64.4 Å². The molecule has 1 amide bonds. The van der Waals surface area contributed by atoms with Crippen molar-refractivity contribution < 1.29 is 32.6 Å². The number of rotatable bonds is 8. The van der Waals surface area contributed by atoms with Gasteiger partial charge in [0.1, 0.15) is 16.4 Å². The number of benzene rings is 2. The smallest absolute Gasteiger partial charge is 0.356 e. The van der Waals surface area contributed by atoms with E-state index in [2.05, 4.69) is 15.1 Å². The Kier molecular flexibility index (Phi) is 8.13. The van der Waals surface area contributed by atoms with E-state index >= 15 is 0 Å². The second-order valence-electron chi connectivity index (χ2n) is 10.9. The summed E-state index contributed by atoms with van der Waals surface area (Å²) in [6.45, 7) is 12.0. The second-order valence-corrected chi connectivity index (χ2v) is 12.6. The van der Waals surface area contributed by atoms with Crippen molar-refractivity contribution >= 4 is 27.6 Å². The van der Waals surface area contributed by atoms with Crippen LogP contribution in [0.5, 0.6) is 17.4 Å². The van der Waals surface area contributed by atoms with Gasteiger partial charge in [-0.15, -0.1) is 0 Å². The van der Waals surface area contributed by atoms with E-state index in [0.717, 1.165) is 0 Å². The van der Waals surface area contributed by atoms with E-state index in [-0.39, 0.29) is 39.0 Å². The van der Waals surface area contributed by atoms with Crippen molar-refractivity contribution in [2.75, 3.05) is 12.4 Å². The average molecular weight is 559 g/mol. The molecular formula is C27H34N4O7S. The normalized spacial score (nSPS) is 12.2. The van der Waals surface area contributed by atoms with Crippen LogP contribution < -0.4 is 19.5 Å². The molecule has 1 heterocycles. The van der Waals surface area contributed by atoms with Gasteiger partial charge in [0.2, 0.25) is 15.9 Å². The number of amides is 1. The lowest BCUT2D eigenvalue weighted by Gasteiger charge is -2.24. The molecule has 0 saturated heterocycles. The first-order chi connectivity index (χ1) is 17.9. The molecule has 12 heteroatoms. The number of hydrogen-bond donors (Lipinski definition) is 3. The van der Waals surface area contributed by atoms with E-state index in [4.69, 9.17) is 9.47 Å². The van der Waals surface area contributed by atoms with Gasteiger partial charge in [0.25, 0.3) is 5.91 Å². The zero-order valence-corrected chi connectivity index (χ0v) is 24.1. The largest absolute Gasteiger partial charge is 0.496 e. The van der Waals surface area contributed by atoms with Crippen LogP contribution in [0.4, 0.5) is 5.69 Å². The number of anilines is 1. The monoisotopic (exact) mass is 558 g/mol. The summed E-state index contributed by atoms with van der Waals surface area (Å²) in [6, 6.07) is 10.8. The molecule has 0 aliphatic carbocycles. The number of aromatic carboxylic acids is 1. The van der Waals surface area contributed by atoms with Crippen LogP contribution in [0.2, 0.25) is 0 Å². The van der Waals surface area contributed by atoms with Gasteiger partial charge in [0.05, 0.1) is 18.2 Å². The topological polar surface area (TPSA) is 149 Å². The lowest BCUT2D eigenvalue weighted by molar-refractivity contribution is 0.0687. The van der Waals surface area contributed by atoms with Crippen LogP contribution in [0.3, 0.4) is 0 Å². The molecule has 2 aromatic carbocycles. The van der Waals surface area contributed by atoms with Crippen molar-refractivity contribution in [1.82, 2.24) is 14.5 Å². The van der Waals surface area contributed by atoms with E-state index < -0.39 is 33.0 Å². The number of methoxy groups -OCH3 is 1. The third-order valence-corrected chi connectivity index (χ3v) is 7.18. The van der Waals surface area contributed by atoms with Gasteiger partial charge in [-0.1, -0.05) is 12.1 Å². The molecule has 0 saturated carbocycles. The van der Waals surface area contributed by atoms with Gasteiger partial charge < -0.3 is 19.9 Å². The molecule has 3 rings (SSSR count). The van der Waals surface area contributed by atoms with Crippen LogP contribution in [0.1, 0.15) is 68.0 Å². The van der Waals surface area contributed by atoms with Crippen molar-refractivity contribution in [2.24, 2.45) is 0 Å². The number of carbonyl (C=O) groups is 2. The molecule has 0 aliphatic heterocycles. The fraction of sp³-hybridized carbons (Fsp3) is 0.370. The minimum absolute atomic E-state index is 0.0764. The standard InChI is InChI=1S/C27H34N4O7S/c1-16-22(25(33)34)29-31(27(5,6)7)24(16)38-20-14-13-17(15-21(20)39(35,36)30-26(2,3)4)28-23(32)18-11-9-10-12-19(18)37-8/h9-15,30H,1-8H3,(H,28,32)(H,33,34). The van der Waals surface area contributed by atoms with Crippen LogP contribution in [0.25, 0.3) is 0 Å². The van der Waals surface area contributed by atoms with Gasteiger partial charge in [-0.25, -0.2) is 22.6 Å². The minimum Gasteiger partial charge on any atom is -0.496 e. The van der Waals surface area contributed by atoms with Crippen molar-refractivity contribution in [3.05, 3.63) is 59.3 Å². The highest BCUT2D eigenvalue weighted by Crippen LogP contribution is 2.36. The van der Waals surface area contributed by atoms with Crippen molar-refractivity contribution in [3.63, 3.8) is 0 Å². The lowest BCUT2D eigenvalue weighted by atomic mass is 10.1. The first kappa shape index (κ1) is 29.7. The minimum atomic E-state index is -4.17. The third kappa shape index (κ3) is 6.76. The number of para-hydroxylation sites is 1. The molecule has 0 unspecified atom stereocenters. The molecule has 1 aromatic heterocycles. The maximum absolute atomic E-state index is 13.5. The summed E-state index contributed by atoms with van der Waals surface area (Å²) in [4.78, 5) is 24.5. The predicted molar refractivity (Wildman–Crippen MR) is 146 cm³/mol. The van der Waals surface area contributed by atoms with Crippen LogP contribution in [-0.4, -0.2) is 47.8 Å². The van der Waals surface area contributed by atoms with Crippen LogP contribution in [0.15, 0.2) is 47.4 Å². The van der Waals surface area contributed by atoms with E-state index in [1.807, 2.05) is 20.8 Å². The fourth-order valence-electron chi connectivity index (χ4n) is 3.73. The highest BCUT2D eigenvalue weighted by molar-refractivity contribution is 7.89. The SMILES string of the molecule is COc1ccccc1C(=O)Nc1ccc(Oc2c(C)c(C(=O)O)nn2C(C)(C)C)c(S(=O)(=O)NC(C)(C)C)c1. The molecule has 11 nitrogen and oxygen atoms in total. The summed E-state index contributed by atoms with van der Waals surface area (Å²) in [5, 5.41) is 16.5. The zero-order valence-electron chi connectivity index (χ0n) is 23.2. The second kappa shape index (κ2) is 10.7. The number of sulfonamides is 1.